The first-order valence-corrected chi connectivity index (χ1v) is 5.74. The van der Waals surface area contributed by atoms with E-state index in [1.807, 2.05) is 25.1 Å². The smallest absolute Gasteiger partial charge is 0.164 e. The lowest BCUT2D eigenvalue weighted by Gasteiger charge is -2.29. The van der Waals surface area contributed by atoms with E-state index >= 15 is 0 Å². The van der Waals surface area contributed by atoms with Gasteiger partial charge in [-0.15, -0.1) is 0 Å². The number of allylic oxidation sites excluding steroid dienone is 1. The van der Waals surface area contributed by atoms with Crippen molar-refractivity contribution in [1.29, 1.82) is 5.26 Å². The molecule has 92 valence electrons. The number of carbonyl (C=O) groups is 1. The van der Waals surface area contributed by atoms with E-state index in [1.165, 1.54) is 6.42 Å². The minimum atomic E-state index is 0.102. The Labute approximate surface area is 102 Å². The second-order valence-corrected chi connectivity index (χ2v) is 4.22. The first kappa shape index (κ1) is 13.2. The molecule has 1 fully saturated rings. The Balaban J connectivity index is 2.97. The first-order chi connectivity index (χ1) is 8.19. The van der Waals surface area contributed by atoms with Gasteiger partial charge in [-0.05, 0) is 19.3 Å². The van der Waals surface area contributed by atoms with E-state index in [0.717, 1.165) is 25.9 Å². The predicted molar refractivity (Wildman–Crippen MR) is 66.3 cm³/mol. The van der Waals surface area contributed by atoms with Crippen molar-refractivity contribution >= 4 is 12.6 Å². The van der Waals surface area contributed by atoms with E-state index in [1.54, 1.807) is 11.2 Å². The normalized spacial score (nSPS) is 17.6. The van der Waals surface area contributed by atoms with Gasteiger partial charge in [-0.25, -0.2) is 4.99 Å². The highest BCUT2D eigenvalue weighted by atomic mass is 16.1. The fourth-order valence-corrected chi connectivity index (χ4v) is 1.73. The number of hydrogen-bond acceptors (Lipinski definition) is 4. The van der Waals surface area contributed by atoms with Crippen LogP contribution in [-0.4, -0.2) is 49.6 Å². The molecule has 0 N–H and O–H groups in total. The molecule has 0 atom stereocenters. The SMILES string of the molecule is CN(C)/C=N/C(=C(\C#N)C=O)N1CCCCC1. The molecule has 17 heavy (non-hydrogen) atoms. The molecule has 1 saturated heterocycles. The van der Waals surface area contributed by atoms with Gasteiger partial charge in [0.1, 0.15) is 11.6 Å². The maximum Gasteiger partial charge on any atom is 0.164 e. The summed E-state index contributed by atoms with van der Waals surface area (Å²) in [5.74, 6) is 0.496. The quantitative estimate of drug-likeness (QED) is 0.239. The second-order valence-electron chi connectivity index (χ2n) is 4.22. The maximum atomic E-state index is 10.9. The summed E-state index contributed by atoms with van der Waals surface area (Å²) in [6.07, 6.45) is 5.56. The molecule has 1 heterocycles. The number of rotatable bonds is 4. The summed E-state index contributed by atoms with van der Waals surface area (Å²) in [5, 5.41) is 8.94. The van der Waals surface area contributed by atoms with Crippen LogP contribution in [0.25, 0.3) is 0 Å². The zero-order valence-electron chi connectivity index (χ0n) is 10.4. The largest absolute Gasteiger partial charge is 0.369 e. The van der Waals surface area contributed by atoms with Gasteiger partial charge in [-0.2, -0.15) is 5.26 Å². The van der Waals surface area contributed by atoms with E-state index in [0.29, 0.717) is 12.1 Å². The highest BCUT2D eigenvalue weighted by Gasteiger charge is 2.16. The number of nitriles is 1. The van der Waals surface area contributed by atoms with Crippen molar-refractivity contribution in [2.75, 3.05) is 27.2 Å². The van der Waals surface area contributed by atoms with E-state index in [9.17, 15) is 4.79 Å². The van der Waals surface area contributed by atoms with Gasteiger partial charge in [0.15, 0.2) is 12.1 Å². The van der Waals surface area contributed by atoms with E-state index in [2.05, 4.69) is 4.99 Å². The van der Waals surface area contributed by atoms with Gasteiger partial charge >= 0.3 is 0 Å². The number of aldehydes is 1. The van der Waals surface area contributed by atoms with Gasteiger partial charge in [-0.1, -0.05) is 0 Å². The van der Waals surface area contributed by atoms with Gasteiger partial charge in [0, 0.05) is 27.2 Å². The maximum absolute atomic E-state index is 10.9. The molecule has 0 unspecified atom stereocenters. The Bertz CT molecular complexity index is 359. The molecule has 0 spiro atoms. The number of aliphatic imine (C=N–C) groups is 1. The monoisotopic (exact) mass is 234 g/mol. The molecule has 0 amide bonds. The number of likely N-dealkylation sites (tertiary alicyclic amines) is 1. The van der Waals surface area contributed by atoms with Gasteiger partial charge < -0.3 is 9.80 Å². The predicted octanol–water partition coefficient (Wildman–Crippen LogP) is 0.996. The first-order valence-electron chi connectivity index (χ1n) is 5.74. The van der Waals surface area contributed by atoms with Crippen LogP contribution in [-0.2, 0) is 4.79 Å². The van der Waals surface area contributed by atoms with Crippen LogP contribution in [0.5, 0.6) is 0 Å². The summed E-state index contributed by atoms with van der Waals surface area (Å²) in [7, 11) is 3.70. The average molecular weight is 234 g/mol. The molecule has 0 saturated carbocycles. The van der Waals surface area contributed by atoms with Gasteiger partial charge in [-0.3, -0.25) is 4.79 Å². The molecule has 0 bridgehead atoms. The van der Waals surface area contributed by atoms with Crippen molar-refractivity contribution in [3.8, 4) is 6.07 Å². The molecule has 1 aliphatic rings. The third kappa shape index (κ3) is 3.91. The van der Waals surface area contributed by atoms with Crippen molar-refractivity contribution in [3.63, 3.8) is 0 Å². The Morgan fingerprint density at radius 2 is 2.00 bits per heavy atom. The average Bonchev–Trinajstić information content (AvgIpc) is 2.35. The topological polar surface area (TPSA) is 59.7 Å². The molecule has 0 aliphatic carbocycles. The molecule has 5 nitrogen and oxygen atoms in total. The van der Waals surface area contributed by atoms with Crippen LogP contribution in [0.1, 0.15) is 19.3 Å². The van der Waals surface area contributed by atoms with E-state index in [4.69, 9.17) is 5.26 Å². The number of nitrogens with zero attached hydrogens (tertiary/aromatic N) is 4. The highest BCUT2D eigenvalue weighted by molar-refractivity contribution is 5.80. The van der Waals surface area contributed by atoms with E-state index in [-0.39, 0.29) is 5.57 Å². The summed E-state index contributed by atoms with van der Waals surface area (Å²) in [6, 6.07) is 1.91. The number of carbonyl (C=O) groups excluding carboxylic acids is 1. The summed E-state index contributed by atoms with van der Waals surface area (Å²) in [6.45, 7) is 1.72. The number of hydrogen-bond donors (Lipinski definition) is 0. The van der Waals surface area contributed by atoms with Gasteiger partial charge in [0.25, 0.3) is 0 Å². The molecule has 5 heteroatoms. The van der Waals surface area contributed by atoms with Crippen LogP contribution in [0.3, 0.4) is 0 Å². The molecule has 0 radical (unpaired) electrons. The Morgan fingerprint density at radius 1 is 1.35 bits per heavy atom. The Kier molecular flexibility index (Phi) is 5.21. The lowest BCUT2D eigenvalue weighted by atomic mass is 10.1. The van der Waals surface area contributed by atoms with Gasteiger partial charge in [0.05, 0.1) is 6.34 Å². The summed E-state index contributed by atoms with van der Waals surface area (Å²) in [5.41, 5.74) is 0.102. The van der Waals surface area contributed by atoms with Crippen LogP contribution < -0.4 is 0 Å². The molecular formula is C12H18N4O. The fourth-order valence-electron chi connectivity index (χ4n) is 1.73. The van der Waals surface area contributed by atoms with Crippen molar-refractivity contribution in [2.24, 2.45) is 4.99 Å². The second kappa shape index (κ2) is 6.69. The van der Waals surface area contributed by atoms with Crippen LogP contribution >= 0.6 is 0 Å². The minimum absolute atomic E-state index is 0.102. The summed E-state index contributed by atoms with van der Waals surface area (Å²) >= 11 is 0. The van der Waals surface area contributed by atoms with Crippen molar-refractivity contribution in [1.82, 2.24) is 9.80 Å². The molecule has 1 aliphatic heterocycles. The molecule has 0 aromatic heterocycles. The zero-order valence-corrected chi connectivity index (χ0v) is 10.4. The Hall–Kier alpha value is -1.83. The third-order valence-corrected chi connectivity index (χ3v) is 2.55. The summed E-state index contributed by atoms with van der Waals surface area (Å²) in [4.78, 5) is 18.9. The number of piperidine rings is 1. The highest BCUT2D eigenvalue weighted by Crippen LogP contribution is 2.17. The fraction of sp³-hybridized carbons (Fsp3) is 0.583. The van der Waals surface area contributed by atoms with Crippen LogP contribution in [0.2, 0.25) is 0 Å². The molecule has 0 aromatic carbocycles. The van der Waals surface area contributed by atoms with E-state index < -0.39 is 0 Å². The standard InChI is InChI=1S/C12H18N4O/c1-15(2)10-14-12(11(8-13)9-17)16-6-4-3-5-7-16/h9-10H,3-7H2,1-2H3/b12-11-,14-10+. The van der Waals surface area contributed by atoms with Crippen LogP contribution in [0.15, 0.2) is 16.4 Å². The minimum Gasteiger partial charge on any atom is -0.369 e. The van der Waals surface area contributed by atoms with Gasteiger partial charge in [0.2, 0.25) is 0 Å². The van der Waals surface area contributed by atoms with Crippen molar-refractivity contribution in [2.45, 2.75) is 19.3 Å². The molecule has 0 aromatic rings. The van der Waals surface area contributed by atoms with Crippen molar-refractivity contribution in [3.05, 3.63) is 11.4 Å². The third-order valence-electron chi connectivity index (χ3n) is 2.55. The molecule has 1 rings (SSSR count). The lowest BCUT2D eigenvalue weighted by Crippen LogP contribution is -2.30. The Morgan fingerprint density at radius 3 is 2.47 bits per heavy atom. The van der Waals surface area contributed by atoms with Crippen LogP contribution in [0, 0.1) is 11.3 Å². The summed E-state index contributed by atoms with van der Waals surface area (Å²) < 4.78 is 0. The lowest BCUT2D eigenvalue weighted by molar-refractivity contribution is -0.104. The van der Waals surface area contributed by atoms with Crippen LogP contribution in [0.4, 0.5) is 0 Å². The van der Waals surface area contributed by atoms with Crippen molar-refractivity contribution < 1.29 is 4.79 Å². The molecular weight excluding hydrogens is 216 g/mol. The zero-order chi connectivity index (χ0) is 12.7.